The van der Waals surface area contributed by atoms with Gasteiger partial charge in [0.05, 0.1) is 0 Å². The summed E-state index contributed by atoms with van der Waals surface area (Å²) in [5.41, 5.74) is 4.23. The second kappa shape index (κ2) is 7.27. The Kier molecular flexibility index (Phi) is 5.35. The Labute approximate surface area is 114 Å². The largest absolute Gasteiger partial charge is 0.157 e. The fraction of sp³-hybridized carbons (Fsp3) is 0.294. The van der Waals surface area contributed by atoms with Gasteiger partial charge in [-0.3, -0.25) is 0 Å². The van der Waals surface area contributed by atoms with Gasteiger partial charge in [0.1, 0.15) is 0 Å². The van der Waals surface area contributed by atoms with Gasteiger partial charge < -0.3 is 0 Å². The normalized spacial score (nSPS) is 10.5. The zero-order chi connectivity index (χ0) is 12.6. The molecule has 0 saturated heterocycles. The molecule has 0 spiro atoms. The minimum absolute atomic E-state index is 1.13. The molecule has 0 aliphatic carbocycles. The third kappa shape index (κ3) is 4.58. The first-order valence-corrected chi connectivity index (χ1v) is 7.67. The van der Waals surface area contributed by atoms with Crippen molar-refractivity contribution in [2.24, 2.45) is 0 Å². The maximum absolute atomic E-state index is 2.24. The van der Waals surface area contributed by atoms with Crippen LogP contribution in [0, 0.1) is 6.92 Å². The van der Waals surface area contributed by atoms with Crippen LogP contribution in [0.1, 0.15) is 23.1 Å². The molecule has 0 radical (unpaired) electrons. The van der Waals surface area contributed by atoms with E-state index in [0.717, 1.165) is 5.75 Å². The van der Waals surface area contributed by atoms with Crippen LogP contribution in [0.4, 0.5) is 0 Å². The molecule has 2 aromatic carbocycles. The summed E-state index contributed by atoms with van der Waals surface area (Å²) in [6.45, 7) is 2.14. The fourth-order valence-corrected chi connectivity index (χ4v) is 2.82. The van der Waals surface area contributed by atoms with Crippen molar-refractivity contribution in [3.05, 3.63) is 71.3 Å². The van der Waals surface area contributed by atoms with Gasteiger partial charge in [0.25, 0.3) is 0 Å². The van der Waals surface area contributed by atoms with Crippen LogP contribution in [0.25, 0.3) is 0 Å². The average molecular weight is 256 g/mol. The summed E-state index contributed by atoms with van der Waals surface area (Å²) in [7, 11) is 0. The highest BCUT2D eigenvalue weighted by Crippen LogP contribution is 2.15. The van der Waals surface area contributed by atoms with Crippen LogP contribution in [0.2, 0.25) is 0 Å². The highest BCUT2D eigenvalue weighted by atomic mass is 32.2. The zero-order valence-electron chi connectivity index (χ0n) is 10.9. The summed E-state index contributed by atoms with van der Waals surface area (Å²) in [6.07, 6.45) is 2.46. The van der Waals surface area contributed by atoms with E-state index in [1.54, 1.807) is 0 Å². The lowest BCUT2D eigenvalue weighted by molar-refractivity contribution is 0.933. The van der Waals surface area contributed by atoms with Gasteiger partial charge in [0.15, 0.2) is 0 Å². The van der Waals surface area contributed by atoms with Crippen LogP contribution in [0.15, 0.2) is 54.6 Å². The number of hydrogen-bond acceptors (Lipinski definition) is 1. The van der Waals surface area contributed by atoms with E-state index >= 15 is 0 Å². The van der Waals surface area contributed by atoms with Gasteiger partial charge in [0.2, 0.25) is 0 Å². The molecule has 0 fully saturated rings. The molecular weight excluding hydrogens is 236 g/mol. The molecule has 2 aromatic rings. The van der Waals surface area contributed by atoms with Gasteiger partial charge in [-0.15, -0.1) is 0 Å². The average Bonchev–Trinajstić information content (AvgIpc) is 2.42. The van der Waals surface area contributed by atoms with Crippen LogP contribution in [0.3, 0.4) is 0 Å². The monoisotopic (exact) mass is 256 g/mol. The quantitative estimate of drug-likeness (QED) is 0.665. The summed E-state index contributed by atoms with van der Waals surface area (Å²) < 4.78 is 0. The van der Waals surface area contributed by atoms with E-state index < -0.39 is 0 Å². The summed E-state index contributed by atoms with van der Waals surface area (Å²) in [5.74, 6) is 2.37. The molecule has 0 atom stereocenters. The van der Waals surface area contributed by atoms with Gasteiger partial charge >= 0.3 is 0 Å². The van der Waals surface area contributed by atoms with Crippen molar-refractivity contribution < 1.29 is 0 Å². The van der Waals surface area contributed by atoms with E-state index in [2.05, 4.69) is 61.5 Å². The topological polar surface area (TPSA) is 0 Å². The number of rotatable bonds is 6. The molecule has 0 aliphatic rings. The van der Waals surface area contributed by atoms with E-state index in [4.69, 9.17) is 0 Å². The maximum atomic E-state index is 2.24. The van der Waals surface area contributed by atoms with Crippen molar-refractivity contribution in [3.63, 3.8) is 0 Å². The molecule has 0 bridgehead atoms. The molecule has 1 heteroatoms. The Hall–Kier alpha value is -1.21. The number of aryl methyl sites for hydroxylation is 2. The molecule has 0 saturated carbocycles. The molecule has 18 heavy (non-hydrogen) atoms. The lowest BCUT2D eigenvalue weighted by atomic mass is 10.1. The van der Waals surface area contributed by atoms with Crippen molar-refractivity contribution in [1.29, 1.82) is 0 Å². The minimum atomic E-state index is 1.13. The van der Waals surface area contributed by atoms with Gasteiger partial charge in [-0.25, -0.2) is 0 Å². The number of hydrogen-bond donors (Lipinski definition) is 0. The zero-order valence-corrected chi connectivity index (χ0v) is 11.7. The van der Waals surface area contributed by atoms with E-state index in [9.17, 15) is 0 Å². The Balaban J connectivity index is 1.63. The fourth-order valence-electron chi connectivity index (χ4n) is 1.90. The van der Waals surface area contributed by atoms with Crippen molar-refractivity contribution in [2.75, 3.05) is 5.75 Å². The smallest absolute Gasteiger partial charge is 0.0184 e. The summed E-state index contributed by atoms with van der Waals surface area (Å²) >= 11 is 2.03. The predicted molar refractivity (Wildman–Crippen MR) is 82.1 cm³/mol. The Morgan fingerprint density at radius 1 is 0.833 bits per heavy atom. The van der Waals surface area contributed by atoms with Crippen LogP contribution < -0.4 is 0 Å². The molecule has 2 rings (SSSR count). The van der Waals surface area contributed by atoms with Crippen LogP contribution in [0.5, 0.6) is 0 Å². The third-order valence-corrected chi connectivity index (χ3v) is 4.10. The van der Waals surface area contributed by atoms with Crippen LogP contribution >= 0.6 is 11.8 Å². The molecule has 94 valence electrons. The number of benzene rings is 2. The van der Waals surface area contributed by atoms with E-state index in [-0.39, 0.29) is 0 Å². The van der Waals surface area contributed by atoms with Crippen molar-refractivity contribution in [3.8, 4) is 0 Å². The molecule has 0 nitrogen and oxygen atoms in total. The van der Waals surface area contributed by atoms with Crippen molar-refractivity contribution in [1.82, 2.24) is 0 Å². The molecule has 0 heterocycles. The van der Waals surface area contributed by atoms with E-state index in [1.807, 2.05) is 11.8 Å². The third-order valence-electron chi connectivity index (χ3n) is 2.99. The first-order chi connectivity index (χ1) is 8.84. The van der Waals surface area contributed by atoms with Crippen molar-refractivity contribution >= 4 is 11.8 Å². The Morgan fingerprint density at radius 3 is 2.28 bits per heavy atom. The highest BCUT2D eigenvalue weighted by Gasteiger charge is 1.95. The Bertz CT molecular complexity index is 445. The van der Waals surface area contributed by atoms with Crippen LogP contribution in [-0.2, 0) is 12.2 Å². The summed E-state index contributed by atoms with van der Waals surface area (Å²) in [4.78, 5) is 0. The van der Waals surface area contributed by atoms with Gasteiger partial charge in [-0.2, -0.15) is 11.8 Å². The summed E-state index contributed by atoms with van der Waals surface area (Å²) in [5, 5.41) is 0. The van der Waals surface area contributed by atoms with E-state index in [1.165, 1.54) is 35.3 Å². The second-order valence-electron chi connectivity index (χ2n) is 4.63. The van der Waals surface area contributed by atoms with Crippen LogP contribution in [-0.4, -0.2) is 5.75 Å². The molecule has 0 amide bonds. The molecule has 0 aliphatic heterocycles. The van der Waals surface area contributed by atoms with Gasteiger partial charge in [-0.05, 0) is 36.6 Å². The first-order valence-electron chi connectivity index (χ1n) is 6.52. The van der Waals surface area contributed by atoms with Gasteiger partial charge in [0, 0.05) is 5.75 Å². The molecular formula is C17H20S. The van der Waals surface area contributed by atoms with Crippen molar-refractivity contribution in [2.45, 2.75) is 25.5 Å². The lowest BCUT2D eigenvalue weighted by Gasteiger charge is -2.03. The molecule has 0 aromatic heterocycles. The maximum Gasteiger partial charge on any atom is 0.0184 e. The molecule has 0 unspecified atom stereocenters. The second-order valence-corrected chi connectivity index (χ2v) is 5.73. The SMILES string of the molecule is Cc1ccc(CSCCCc2ccccc2)cc1. The lowest BCUT2D eigenvalue weighted by Crippen LogP contribution is -1.88. The minimum Gasteiger partial charge on any atom is -0.157 e. The van der Waals surface area contributed by atoms with E-state index in [0.29, 0.717) is 0 Å². The first kappa shape index (κ1) is 13.2. The summed E-state index contributed by atoms with van der Waals surface area (Å²) in [6, 6.07) is 19.6. The van der Waals surface area contributed by atoms with Gasteiger partial charge in [-0.1, -0.05) is 60.2 Å². The standard InChI is InChI=1S/C17H20S/c1-15-9-11-17(12-10-15)14-18-13-5-8-16-6-3-2-4-7-16/h2-4,6-7,9-12H,5,8,13-14H2,1H3. The predicted octanol–water partition coefficient (Wildman–Crippen LogP) is 4.86. The highest BCUT2D eigenvalue weighted by molar-refractivity contribution is 7.98. The Morgan fingerprint density at radius 2 is 1.56 bits per heavy atom. The number of thioether (sulfide) groups is 1. The molecule has 0 N–H and O–H groups in total.